The lowest BCUT2D eigenvalue weighted by molar-refractivity contribution is -0.384. The Kier molecular flexibility index (Phi) is 6.04. The Labute approximate surface area is 175 Å². The highest BCUT2D eigenvalue weighted by atomic mass is 16.6. The number of carbonyl (C=O) groups excluding carboxylic acids is 1. The number of anilines is 3. The van der Waals surface area contributed by atoms with E-state index >= 15 is 0 Å². The molecular weight excluding hydrogens is 388 g/mol. The second-order valence-electron chi connectivity index (χ2n) is 8.12. The van der Waals surface area contributed by atoms with Crippen LogP contribution in [0.2, 0.25) is 0 Å². The third-order valence-corrected chi connectivity index (χ3v) is 4.57. The lowest BCUT2D eigenvalue weighted by Crippen LogP contribution is -2.54. The van der Waals surface area contributed by atoms with Crippen LogP contribution >= 0.6 is 0 Å². The molecule has 0 bridgehead atoms. The van der Waals surface area contributed by atoms with Crippen LogP contribution in [0.5, 0.6) is 0 Å². The molecule has 2 aromatic rings. The molecule has 1 fully saturated rings. The van der Waals surface area contributed by atoms with Crippen molar-refractivity contribution in [2.24, 2.45) is 0 Å². The number of carbonyl (C=O) groups is 1. The number of hydrogen-bond donors (Lipinski definition) is 1. The monoisotopic (exact) mass is 414 g/mol. The van der Waals surface area contributed by atoms with Gasteiger partial charge in [0, 0.05) is 49.8 Å². The van der Waals surface area contributed by atoms with Gasteiger partial charge in [0.15, 0.2) is 0 Å². The van der Waals surface area contributed by atoms with E-state index in [2.05, 4.69) is 15.3 Å². The minimum absolute atomic E-state index is 0.0333. The summed E-state index contributed by atoms with van der Waals surface area (Å²) in [6, 6.07) is 6.46. The van der Waals surface area contributed by atoms with Crippen LogP contribution in [0.3, 0.4) is 0 Å². The molecule has 10 nitrogen and oxygen atoms in total. The number of nitrogens with zero attached hydrogens (tertiary/aromatic N) is 5. The first-order chi connectivity index (χ1) is 14.1. The van der Waals surface area contributed by atoms with Crippen LogP contribution in [0, 0.1) is 10.1 Å². The van der Waals surface area contributed by atoms with Gasteiger partial charge in [-0.3, -0.25) is 15.1 Å². The summed E-state index contributed by atoms with van der Waals surface area (Å²) in [5.74, 6) is 0.763. The SMILES string of the molecule is C[C@H]1CN(C(=O)OC(C)(C)C)CCN1c1ccc([N+](=O)[O-])c(Nc2ccncc2)n1. The summed E-state index contributed by atoms with van der Waals surface area (Å²) in [6.45, 7) is 8.98. The first-order valence-corrected chi connectivity index (χ1v) is 9.71. The van der Waals surface area contributed by atoms with Gasteiger partial charge < -0.3 is 19.9 Å². The molecule has 0 radical (unpaired) electrons. The highest BCUT2D eigenvalue weighted by molar-refractivity contribution is 5.70. The smallest absolute Gasteiger partial charge is 0.410 e. The van der Waals surface area contributed by atoms with E-state index in [1.54, 1.807) is 35.5 Å². The van der Waals surface area contributed by atoms with Crippen molar-refractivity contribution in [3.05, 3.63) is 46.8 Å². The Morgan fingerprint density at radius 1 is 1.23 bits per heavy atom. The zero-order valence-electron chi connectivity index (χ0n) is 17.5. The van der Waals surface area contributed by atoms with Crippen molar-refractivity contribution in [1.82, 2.24) is 14.9 Å². The molecule has 30 heavy (non-hydrogen) atoms. The quantitative estimate of drug-likeness (QED) is 0.596. The van der Waals surface area contributed by atoms with Gasteiger partial charge in [0.1, 0.15) is 11.4 Å². The van der Waals surface area contributed by atoms with Crippen molar-refractivity contribution >= 4 is 29.1 Å². The van der Waals surface area contributed by atoms with Crippen LogP contribution in [0.15, 0.2) is 36.7 Å². The van der Waals surface area contributed by atoms with Gasteiger partial charge in [-0.1, -0.05) is 0 Å². The van der Waals surface area contributed by atoms with E-state index in [0.29, 0.717) is 31.1 Å². The van der Waals surface area contributed by atoms with E-state index in [1.807, 2.05) is 32.6 Å². The maximum Gasteiger partial charge on any atom is 0.410 e. The van der Waals surface area contributed by atoms with E-state index in [0.717, 1.165) is 0 Å². The summed E-state index contributed by atoms with van der Waals surface area (Å²) in [5, 5.41) is 14.4. The first kappa shape index (κ1) is 21.3. The van der Waals surface area contributed by atoms with Gasteiger partial charge >= 0.3 is 11.8 Å². The van der Waals surface area contributed by atoms with Crippen LogP contribution in [-0.2, 0) is 4.74 Å². The number of rotatable bonds is 4. The minimum Gasteiger partial charge on any atom is -0.444 e. The molecule has 1 saturated heterocycles. The predicted molar refractivity (Wildman–Crippen MR) is 113 cm³/mol. The molecule has 2 aromatic heterocycles. The highest BCUT2D eigenvalue weighted by Crippen LogP contribution is 2.30. The number of amides is 1. The summed E-state index contributed by atoms with van der Waals surface area (Å²) < 4.78 is 5.46. The van der Waals surface area contributed by atoms with E-state index < -0.39 is 10.5 Å². The van der Waals surface area contributed by atoms with Crippen molar-refractivity contribution < 1.29 is 14.5 Å². The molecule has 0 spiro atoms. The average molecular weight is 414 g/mol. The fraction of sp³-hybridized carbons (Fsp3) is 0.450. The fourth-order valence-electron chi connectivity index (χ4n) is 3.20. The fourth-order valence-corrected chi connectivity index (χ4v) is 3.20. The Balaban J connectivity index is 1.78. The van der Waals surface area contributed by atoms with Crippen molar-refractivity contribution in [3.63, 3.8) is 0 Å². The Morgan fingerprint density at radius 2 is 1.93 bits per heavy atom. The number of ether oxygens (including phenoxy) is 1. The number of nitro groups is 1. The zero-order valence-corrected chi connectivity index (χ0v) is 17.5. The molecule has 1 aliphatic rings. The van der Waals surface area contributed by atoms with E-state index in [9.17, 15) is 14.9 Å². The molecular formula is C20H26N6O4. The van der Waals surface area contributed by atoms with Gasteiger partial charge in [0.2, 0.25) is 5.82 Å². The molecule has 1 aliphatic heterocycles. The van der Waals surface area contributed by atoms with Crippen LogP contribution in [0.4, 0.5) is 27.8 Å². The van der Waals surface area contributed by atoms with E-state index in [1.165, 1.54) is 6.07 Å². The maximum absolute atomic E-state index is 12.4. The third kappa shape index (κ3) is 5.13. The van der Waals surface area contributed by atoms with Gasteiger partial charge in [0.05, 0.1) is 4.92 Å². The zero-order chi connectivity index (χ0) is 21.9. The molecule has 10 heteroatoms. The van der Waals surface area contributed by atoms with Crippen LogP contribution in [0.1, 0.15) is 27.7 Å². The number of nitrogens with one attached hydrogen (secondary N) is 1. The van der Waals surface area contributed by atoms with Gasteiger partial charge in [-0.05, 0) is 45.9 Å². The molecule has 3 heterocycles. The van der Waals surface area contributed by atoms with Gasteiger partial charge in [-0.2, -0.15) is 0 Å². The molecule has 0 saturated carbocycles. The number of pyridine rings is 2. The highest BCUT2D eigenvalue weighted by Gasteiger charge is 2.31. The lowest BCUT2D eigenvalue weighted by Gasteiger charge is -2.40. The summed E-state index contributed by atoms with van der Waals surface area (Å²) in [5.41, 5.74) is -0.0126. The summed E-state index contributed by atoms with van der Waals surface area (Å²) in [4.78, 5) is 35.5. The Morgan fingerprint density at radius 3 is 2.53 bits per heavy atom. The summed E-state index contributed by atoms with van der Waals surface area (Å²) in [7, 11) is 0. The molecule has 0 aromatic carbocycles. The standard InChI is InChI=1S/C20H26N6O4/c1-14-13-24(19(27)30-20(2,3)4)11-12-25(14)17-6-5-16(26(28)29)18(23-17)22-15-7-9-21-10-8-15/h5-10,14H,11-13H2,1-4H3,(H,21,22,23)/t14-/m0/s1. The third-order valence-electron chi connectivity index (χ3n) is 4.57. The molecule has 1 N–H and O–H groups in total. The second kappa shape index (κ2) is 8.52. The lowest BCUT2D eigenvalue weighted by atomic mass is 10.2. The molecule has 0 aliphatic carbocycles. The summed E-state index contributed by atoms with van der Waals surface area (Å²) in [6.07, 6.45) is 2.84. The van der Waals surface area contributed by atoms with Crippen molar-refractivity contribution in [3.8, 4) is 0 Å². The van der Waals surface area contributed by atoms with Gasteiger partial charge in [0.25, 0.3) is 0 Å². The number of piperazine rings is 1. The first-order valence-electron chi connectivity index (χ1n) is 9.71. The van der Waals surface area contributed by atoms with E-state index in [4.69, 9.17) is 4.74 Å². The van der Waals surface area contributed by atoms with E-state index in [-0.39, 0.29) is 23.6 Å². The average Bonchev–Trinajstić information content (AvgIpc) is 2.67. The second-order valence-corrected chi connectivity index (χ2v) is 8.12. The van der Waals surface area contributed by atoms with Crippen LogP contribution < -0.4 is 10.2 Å². The predicted octanol–water partition coefficient (Wildman–Crippen LogP) is 3.57. The van der Waals surface area contributed by atoms with Crippen molar-refractivity contribution in [2.75, 3.05) is 29.9 Å². The largest absolute Gasteiger partial charge is 0.444 e. The molecule has 160 valence electrons. The molecule has 0 unspecified atom stereocenters. The Hall–Kier alpha value is -3.43. The molecule has 3 rings (SSSR count). The van der Waals surface area contributed by atoms with Crippen molar-refractivity contribution in [2.45, 2.75) is 39.3 Å². The van der Waals surface area contributed by atoms with Gasteiger partial charge in [-0.15, -0.1) is 0 Å². The van der Waals surface area contributed by atoms with Gasteiger partial charge in [-0.25, -0.2) is 9.78 Å². The summed E-state index contributed by atoms with van der Waals surface area (Å²) >= 11 is 0. The normalized spacial score (nSPS) is 16.9. The topological polar surface area (TPSA) is 114 Å². The number of hydrogen-bond acceptors (Lipinski definition) is 8. The maximum atomic E-state index is 12.4. The molecule has 1 atom stereocenters. The Bertz CT molecular complexity index is 915. The van der Waals surface area contributed by atoms with Crippen molar-refractivity contribution in [1.29, 1.82) is 0 Å². The molecule has 1 amide bonds. The minimum atomic E-state index is -0.551. The van der Waals surface area contributed by atoms with Crippen LogP contribution in [-0.4, -0.2) is 57.2 Å². The number of aromatic nitrogens is 2. The van der Waals surface area contributed by atoms with Crippen LogP contribution in [0.25, 0.3) is 0 Å².